The molecular formula is C54H103NO13. The van der Waals surface area contributed by atoms with Crippen LogP contribution in [0.5, 0.6) is 0 Å². The van der Waals surface area contributed by atoms with Gasteiger partial charge in [0.05, 0.1) is 32.0 Å². The van der Waals surface area contributed by atoms with E-state index >= 15 is 0 Å². The molecule has 0 bridgehead atoms. The van der Waals surface area contributed by atoms with Gasteiger partial charge in [0.25, 0.3) is 0 Å². The van der Waals surface area contributed by atoms with E-state index < -0.39 is 86.8 Å². The third-order valence-corrected chi connectivity index (χ3v) is 14.0. The average Bonchev–Trinajstić information content (AvgIpc) is 3.34. The highest BCUT2D eigenvalue weighted by molar-refractivity contribution is 5.76. The molecule has 2 rings (SSSR count). The maximum atomic E-state index is 13.2. The molecule has 14 nitrogen and oxygen atoms in total. The quantitative estimate of drug-likeness (QED) is 0.0207. The van der Waals surface area contributed by atoms with Gasteiger partial charge in [-0.05, 0) is 19.3 Å². The zero-order chi connectivity index (χ0) is 49.6. The Bertz CT molecular complexity index is 1200. The number of unbranched alkanes of at least 4 members (excludes halogenated alkanes) is 31. The first-order valence-electron chi connectivity index (χ1n) is 27.9. The molecule has 0 aromatic carbocycles. The zero-order valence-electron chi connectivity index (χ0n) is 42.9. The van der Waals surface area contributed by atoms with Crippen molar-refractivity contribution in [1.82, 2.24) is 5.32 Å². The van der Waals surface area contributed by atoms with Gasteiger partial charge in [0, 0.05) is 6.42 Å². The van der Waals surface area contributed by atoms with Crippen molar-refractivity contribution in [3.8, 4) is 0 Å². The Hall–Kier alpha value is -1.27. The molecule has 2 saturated heterocycles. The van der Waals surface area contributed by atoms with Gasteiger partial charge >= 0.3 is 0 Å². The molecule has 0 aromatic heterocycles. The normalized spacial score (nSPS) is 26.4. The van der Waals surface area contributed by atoms with Gasteiger partial charge in [-0.3, -0.25) is 4.79 Å². The predicted octanol–water partition coefficient (Wildman–Crippen LogP) is 8.33. The highest BCUT2D eigenvalue weighted by Gasteiger charge is 2.51. The smallest absolute Gasteiger partial charge is 0.220 e. The number of hydrogen-bond donors (Lipinski definition) is 9. The Labute approximate surface area is 412 Å². The van der Waals surface area contributed by atoms with E-state index in [1.54, 1.807) is 6.08 Å². The summed E-state index contributed by atoms with van der Waals surface area (Å²) in [5, 5.41) is 86.9. The summed E-state index contributed by atoms with van der Waals surface area (Å²) in [5.41, 5.74) is 0. The summed E-state index contributed by atoms with van der Waals surface area (Å²) in [6.07, 6.45) is 28.1. The van der Waals surface area contributed by atoms with Crippen LogP contribution in [-0.4, -0.2) is 140 Å². The minimum absolute atomic E-state index is 0.235. The number of carbonyl (C=O) groups excluding carboxylic acids is 1. The average molecular weight is 974 g/mol. The third-order valence-electron chi connectivity index (χ3n) is 14.0. The summed E-state index contributed by atoms with van der Waals surface area (Å²) >= 11 is 0. The molecule has 2 aliphatic rings. The van der Waals surface area contributed by atoms with Crippen LogP contribution >= 0.6 is 0 Å². The maximum absolute atomic E-state index is 13.2. The molecule has 0 aliphatic carbocycles. The lowest BCUT2D eigenvalue weighted by Crippen LogP contribution is -2.65. The fourth-order valence-electron chi connectivity index (χ4n) is 9.41. The third kappa shape index (κ3) is 27.5. The van der Waals surface area contributed by atoms with Crippen molar-refractivity contribution in [2.24, 2.45) is 0 Å². The summed E-state index contributed by atoms with van der Waals surface area (Å²) in [6.45, 7) is 2.81. The Morgan fingerprint density at radius 3 is 1.35 bits per heavy atom. The monoisotopic (exact) mass is 974 g/mol. The summed E-state index contributed by atoms with van der Waals surface area (Å²) in [5.74, 6) is -0.235. The van der Waals surface area contributed by atoms with Crippen LogP contribution in [0.4, 0.5) is 0 Å². The minimum Gasteiger partial charge on any atom is -0.394 e. The Kier molecular flexibility index (Phi) is 38.1. The van der Waals surface area contributed by atoms with Crippen molar-refractivity contribution in [2.75, 3.05) is 19.8 Å². The number of ether oxygens (including phenoxy) is 4. The molecular weight excluding hydrogens is 871 g/mol. The van der Waals surface area contributed by atoms with Crippen LogP contribution in [-0.2, 0) is 23.7 Å². The van der Waals surface area contributed by atoms with E-state index in [1.165, 1.54) is 167 Å². The fraction of sp³-hybridized carbons (Fsp3) is 0.944. The number of amides is 1. The molecule has 12 unspecified atom stereocenters. The molecule has 2 heterocycles. The van der Waals surface area contributed by atoms with Crippen molar-refractivity contribution in [2.45, 2.75) is 306 Å². The Morgan fingerprint density at radius 1 is 0.515 bits per heavy atom. The predicted molar refractivity (Wildman–Crippen MR) is 268 cm³/mol. The Balaban J connectivity index is 1.80. The first kappa shape index (κ1) is 62.8. The topological polar surface area (TPSA) is 228 Å². The van der Waals surface area contributed by atoms with Crippen molar-refractivity contribution >= 4 is 5.91 Å². The van der Waals surface area contributed by atoms with Gasteiger partial charge in [-0.1, -0.05) is 219 Å². The largest absolute Gasteiger partial charge is 0.394 e. The van der Waals surface area contributed by atoms with E-state index in [0.717, 1.165) is 38.5 Å². The summed E-state index contributed by atoms with van der Waals surface area (Å²) in [6, 6.07) is -0.908. The maximum Gasteiger partial charge on any atom is 0.220 e. The molecule has 0 spiro atoms. The molecule has 12 atom stereocenters. The van der Waals surface area contributed by atoms with Crippen molar-refractivity contribution in [3.63, 3.8) is 0 Å². The Morgan fingerprint density at radius 2 is 0.912 bits per heavy atom. The van der Waals surface area contributed by atoms with Crippen LogP contribution in [0.2, 0.25) is 0 Å². The molecule has 2 fully saturated rings. The highest BCUT2D eigenvalue weighted by atomic mass is 16.7. The van der Waals surface area contributed by atoms with Gasteiger partial charge in [-0.25, -0.2) is 0 Å². The van der Waals surface area contributed by atoms with E-state index in [0.29, 0.717) is 6.42 Å². The molecule has 0 saturated carbocycles. The number of hydrogen-bond acceptors (Lipinski definition) is 13. The molecule has 0 radical (unpaired) electrons. The lowest BCUT2D eigenvalue weighted by molar-refractivity contribution is -0.359. The van der Waals surface area contributed by atoms with Gasteiger partial charge in [-0.2, -0.15) is 0 Å². The van der Waals surface area contributed by atoms with Crippen LogP contribution < -0.4 is 5.32 Å². The summed E-state index contributed by atoms with van der Waals surface area (Å²) in [7, 11) is 0. The van der Waals surface area contributed by atoms with Crippen LogP contribution in [0.1, 0.15) is 232 Å². The number of aliphatic hydroxyl groups excluding tert-OH is 8. The second-order valence-electron chi connectivity index (χ2n) is 20.1. The fourth-order valence-corrected chi connectivity index (χ4v) is 9.41. The van der Waals surface area contributed by atoms with E-state index in [-0.39, 0.29) is 18.9 Å². The standard InChI is InChI=1S/C54H103NO13/c1-3-5-7-9-11-13-15-17-19-20-21-22-24-26-28-30-32-34-36-38-46(59)55-42(43(58)37-35-33-31-29-27-25-23-18-16-14-12-10-8-6-4-2)41-65-53-51(64)49(62)52(45(40-57)67-53)68-54-50(63)48(61)47(60)44(39-56)66-54/h35,37,42-45,47-54,56-58,60-64H,3-34,36,38-41H2,1-2H3,(H,55,59)/b37-35+. The van der Waals surface area contributed by atoms with E-state index in [4.69, 9.17) is 18.9 Å². The van der Waals surface area contributed by atoms with Crippen LogP contribution in [0.25, 0.3) is 0 Å². The number of carbonyl (C=O) groups is 1. The summed E-state index contributed by atoms with van der Waals surface area (Å²) in [4.78, 5) is 13.2. The molecule has 402 valence electrons. The van der Waals surface area contributed by atoms with E-state index in [1.807, 2.05) is 6.08 Å². The second kappa shape index (κ2) is 41.2. The van der Waals surface area contributed by atoms with Crippen LogP contribution in [0.15, 0.2) is 12.2 Å². The van der Waals surface area contributed by atoms with Gasteiger partial charge in [0.1, 0.15) is 48.8 Å². The number of nitrogens with one attached hydrogen (secondary N) is 1. The van der Waals surface area contributed by atoms with Crippen molar-refractivity contribution < 1.29 is 64.6 Å². The first-order chi connectivity index (χ1) is 33.1. The lowest BCUT2D eigenvalue weighted by atomic mass is 9.97. The first-order valence-corrected chi connectivity index (χ1v) is 27.9. The highest BCUT2D eigenvalue weighted by Crippen LogP contribution is 2.30. The van der Waals surface area contributed by atoms with Gasteiger partial charge in [0.2, 0.25) is 5.91 Å². The zero-order valence-corrected chi connectivity index (χ0v) is 42.9. The SMILES string of the molecule is CCCCCCCCCCCCCCC/C=C/C(O)C(COC1OC(CO)C(OC2OC(CO)C(O)C(O)C2O)C(O)C1O)NC(=O)CCCCCCCCCCCCCCCCCCCCC. The second-order valence-corrected chi connectivity index (χ2v) is 20.1. The van der Waals surface area contributed by atoms with Crippen LogP contribution in [0.3, 0.4) is 0 Å². The molecule has 0 aromatic rings. The molecule has 14 heteroatoms. The molecule has 68 heavy (non-hydrogen) atoms. The van der Waals surface area contributed by atoms with Crippen molar-refractivity contribution in [1.29, 1.82) is 0 Å². The number of rotatable bonds is 44. The van der Waals surface area contributed by atoms with Crippen LogP contribution in [0, 0.1) is 0 Å². The number of aliphatic hydroxyl groups is 8. The lowest BCUT2D eigenvalue weighted by Gasteiger charge is -2.46. The molecule has 9 N–H and O–H groups in total. The number of allylic oxidation sites excluding steroid dienone is 1. The summed E-state index contributed by atoms with van der Waals surface area (Å²) < 4.78 is 22.7. The van der Waals surface area contributed by atoms with E-state index in [2.05, 4.69) is 19.2 Å². The minimum atomic E-state index is -1.78. The van der Waals surface area contributed by atoms with E-state index in [9.17, 15) is 45.6 Å². The van der Waals surface area contributed by atoms with Gasteiger partial charge in [-0.15, -0.1) is 0 Å². The molecule has 2 aliphatic heterocycles. The van der Waals surface area contributed by atoms with Gasteiger partial charge in [0.15, 0.2) is 12.6 Å². The van der Waals surface area contributed by atoms with Gasteiger partial charge < -0.3 is 65.1 Å². The van der Waals surface area contributed by atoms with Crippen molar-refractivity contribution in [3.05, 3.63) is 12.2 Å². The molecule has 1 amide bonds.